The van der Waals surface area contributed by atoms with Gasteiger partial charge in [-0.2, -0.15) is 5.21 Å². The Morgan fingerprint density at radius 3 is 2.56 bits per heavy atom. The van der Waals surface area contributed by atoms with Gasteiger partial charge < -0.3 is 10.1 Å². The van der Waals surface area contributed by atoms with Crippen LogP contribution in [0.25, 0.3) is 22.5 Å². The predicted molar refractivity (Wildman–Crippen MR) is 140 cm³/mol. The summed E-state index contributed by atoms with van der Waals surface area (Å²) in [5, 5.41) is 18.4. The molecule has 1 aliphatic heterocycles. The third kappa shape index (κ3) is 4.31. The van der Waals surface area contributed by atoms with Crippen LogP contribution in [0.1, 0.15) is 35.4 Å². The second kappa shape index (κ2) is 9.62. The van der Waals surface area contributed by atoms with Crippen LogP contribution < -0.4 is 10.1 Å². The summed E-state index contributed by atoms with van der Waals surface area (Å²) in [6.07, 6.45) is 3.85. The highest BCUT2D eigenvalue weighted by molar-refractivity contribution is 5.85. The fraction of sp³-hybridized carbons (Fsp3) is 0.172. The number of rotatable bonds is 5. The van der Waals surface area contributed by atoms with Gasteiger partial charge in [0, 0.05) is 23.2 Å². The van der Waals surface area contributed by atoms with Crippen molar-refractivity contribution >= 4 is 11.5 Å². The quantitative estimate of drug-likeness (QED) is 0.311. The van der Waals surface area contributed by atoms with E-state index < -0.39 is 0 Å². The minimum absolute atomic E-state index is 0.215. The second-order valence-electron chi connectivity index (χ2n) is 9.02. The van der Waals surface area contributed by atoms with Crippen LogP contribution in [0.4, 0.5) is 11.5 Å². The van der Waals surface area contributed by atoms with Crippen LogP contribution in [0.15, 0.2) is 85.1 Å². The van der Waals surface area contributed by atoms with Crippen LogP contribution in [-0.4, -0.2) is 32.2 Å². The zero-order valence-corrected chi connectivity index (χ0v) is 20.0. The van der Waals surface area contributed by atoms with Crippen molar-refractivity contribution in [2.45, 2.75) is 25.7 Å². The van der Waals surface area contributed by atoms with Gasteiger partial charge in [0.05, 0.1) is 12.3 Å². The lowest BCUT2D eigenvalue weighted by Gasteiger charge is -2.22. The SMILES string of the molecule is Cc1ccc(Nc2cc(-c3ccccc3-c3nn[nH]n3)cc3c2OCCCC3c2ccccc2)nc1. The van der Waals surface area contributed by atoms with Crippen molar-refractivity contribution < 1.29 is 4.74 Å². The third-order valence-electron chi connectivity index (χ3n) is 6.58. The van der Waals surface area contributed by atoms with Gasteiger partial charge in [-0.3, -0.25) is 0 Å². The van der Waals surface area contributed by atoms with Crippen molar-refractivity contribution in [2.24, 2.45) is 0 Å². The van der Waals surface area contributed by atoms with Crippen molar-refractivity contribution in [3.05, 3.63) is 102 Å². The van der Waals surface area contributed by atoms with Gasteiger partial charge in [0.1, 0.15) is 11.6 Å². The minimum atomic E-state index is 0.215. The third-order valence-corrected chi connectivity index (χ3v) is 6.58. The van der Waals surface area contributed by atoms with E-state index >= 15 is 0 Å². The number of pyridine rings is 1. The van der Waals surface area contributed by atoms with Crippen LogP contribution in [0.2, 0.25) is 0 Å². The zero-order chi connectivity index (χ0) is 24.3. The Morgan fingerprint density at radius 1 is 0.944 bits per heavy atom. The Hall–Kier alpha value is -4.52. The highest BCUT2D eigenvalue weighted by Crippen LogP contribution is 2.46. The molecule has 2 aromatic heterocycles. The maximum Gasteiger partial charge on any atom is 0.205 e. The van der Waals surface area contributed by atoms with Gasteiger partial charge in [-0.1, -0.05) is 60.7 Å². The molecule has 5 aromatic rings. The van der Waals surface area contributed by atoms with Crippen molar-refractivity contribution in [3.63, 3.8) is 0 Å². The average Bonchev–Trinajstić information content (AvgIpc) is 3.37. The summed E-state index contributed by atoms with van der Waals surface area (Å²) in [6, 6.07) is 27.2. The average molecular weight is 475 g/mol. The molecule has 3 heterocycles. The number of aromatic amines is 1. The maximum absolute atomic E-state index is 6.39. The number of fused-ring (bicyclic) bond motifs is 1. The molecule has 36 heavy (non-hydrogen) atoms. The van der Waals surface area contributed by atoms with E-state index in [1.165, 1.54) is 5.56 Å². The first-order valence-electron chi connectivity index (χ1n) is 12.1. The maximum atomic E-state index is 6.39. The number of H-pyrrole nitrogens is 1. The van der Waals surface area contributed by atoms with E-state index in [1.807, 2.05) is 37.4 Å². The van der Waals surface area contributed by atoms with Gasteiger partial charge in [-0.25, -0.2) is 4.98 Å². The summed E-state index contributed by atoms with van der Waals surface area (Å²) in [5.74, 6) is 2.43. The molecule has 0 aliphatic carbocycles. The molecule has 1 atom stereocenters. The molecular formula is C29H26N6O. The van der Waals surface area contributed by atoms with Crippen LogP contribution in [-0.2, 0) is 0 Å². The molecule has 1 aliphatic rings. The molecule has 0 fully saturated rings. The number of nitrogens with zero attached hydrogens (tertiary/aromatic N) is 4. The van der Waals surface area contributed by atoms with Gasteiger partial charge in [-0.05, 0) is 65.4 Å². The molecule has 7 nitrogen and oxygen atoms in total. The van der Waals surface area contributed by atoms with Crippen LogP contribution in [0, 0.1) is 6.92 Å². The smallest absolute Gasteiger partial charge is 0.205 e. The van der Waals surface area contributed by atoms with Gasteiger partial charge >= 0.3 is 0 Å². The summed E-state index contributed by atoms with van der Waals surface area (Å²) >= 11 is 0. The predicted octanol–water partition coefficient (Wildman–Crippen LogP) is 6.29. The normalized spacial score (nSPS) is 15.0. The largest absolute Gasteiger partial charge is 0.491 e. The van der Waals surface area contributed by atoms with Crippen molar-refractivity contribution in [1.82, 2.24) is 25.6 Å². The second-order valence-corrected chi connectivity index (χ2v) is 9.02. The lowest BCUT2D eigenvalue weighted by molar-refractivity contribution is 0.318. The highest BCUT2D eigenvalue weighted by Gasteiger charge is 2.26. The standard InChI is InChI=1S/C29H26N6O/c1-19-13-14-27(30-18-19)31-26-17-21(23-10-5-6-11-24(23)29-32-34-35-33-29)16-25-22(12-7-15-36-28(25)26)20-8-3-2-4-9-20/h2-6,8-11,13-14,16-18,22H,7,12,15H2,1H3,(H,30,31)(H,32,33,34,35). The first-order chi connectivity index (χ1) is 17.8. The molecule has 0 spiro atoms. The minimum Gasteiger partial charge on any atom is -0.491 e. The summed E-state index contributed by atoms with van der Waals surface area (Å²) < 4.78 is 6.39. The molecule has 0 radical (unpaired) electrons. The number of tetrazole rings is 1. The number of ether oxygens (including phenoxy) is 1. The molecule has 0 bridgehead atoms. The number of aryl methyl sites for hydroxylation is 1. The van der Waals surface area contributed by atoms with E-state index in [4.69, 9.17) is 4.74 Å². The topological polar surface area (TPSA) is 88.6 Å². The molecule has 2 N–H and O–H groups in total. The van der Waals surface area contributed by atoms with E-state index in [-0.39, 0.29) is 5.92 Å². The molecule has 6 rings (SSSR count). The number of nitrogens with one attached hydrogen (secondary N) is 2. The molecule has 7 heteroatoms. The van der Waals surface area contributed by atoms with Crippen molar-refractivity contribution in [2.75, 3.05) is 11.9 Å². The van der Waals surface area contributed by atoms with E-state index in [1.54, 1.807) is 0 Å². The number of benzene rings is 3. The summed E-state index contributed by atoms with van der Waals surface area (Å²) in [5.41, 5.74) is 7.44. The molecular weight excluding hydrogens is 448 g/mol. The fourth-order valence-electron chi connectivity index (χ4n) is 4.85. The van der Waals surface area contributed by atoms with E-state index in [9.17, 15) is 0 Å². The number of hydrogen-bond acceptors (Lipinski definition) is 6. The van der Waals surface area contributed by atoms with E-state index in [0.717, 1.165) is 57.9 Å². The molecule has 0 amide bonds. The number of aromatic nitrogens is 5. The Morgan fingerprint density at radius 2 is 1.78 bits per heavy atom. The first kappa shape index (κ1) is 22.0. The highest BCUT2D eigenvalue weighted by atomic mass is 16.5. The van der Waals surface area contributed by atoms with Crippen molar-refractivity contribution in [1.29, 1.82) is 0 Å². The Labute approximate surface area is 209 Å². The van der Waals surface area contributed by atoms with Gasteiger partial charge in [0.15, 0.2) is 0 Å². The number of anilines is 2. The number of hydrogen-bond donors (Lipinski definition) is 2. The van der Waals surface area contributed by atoms with E-state index in [0.29, 0.717) is 12.4 Å². The van der Waals surface area contributed by atoms with Crippen LogP contribution in [0.5, 0.6) is 5.75 Å². The Bertz CT molecular complexity index is 1470. The fourth-order valence-corrected chi connectivity index (χ4v) is 4.85. The Balaban J connectivity index is 1.55. The lowest BCUT2D eigenvalue weighted by atomic mass is 9.85. The zero-order valence-electron chi connectivity index (χ0n) is 20.0. The van der Waals surface area contributed by atoms with Crippen LogP contribution in [0.3, 0.4) is 0 Å². The first-order valence-corrected chi connectivity index (χ1v) is 12.1. The van der Waals surface area contributed by atoms with E-state index in [2.05, 4.69) is 85.5 Å². The molecule has 0 saturated carbocycles. The molecule has 178 valence electrons. The monoisotopic (exact) mass is 474 g/mol. The summed E-state index contributed by atoms with van der Waals surface area (Å²) in [7, 11) is 0. The van der Waals surface area contributed by atoms with Gasteiger partial charge in [-0.15, -0.1) is 10.2 Å². The van der Waals surface area contributed by atoms with Gasteiger partial charge in [0.25, 0.3) is 0 Å². The lowest BCUT2D eigenvalue weighted by Crippen LogP contribution is -2.04. The molecule has 3 aromatic carbocycles. The van der Waals surface area contributed by atoms with Gasteiger partial charge in [0.2, 0.25) is 5.82 Å². The van der Waals surface area contributed by atoms with Crippen LogP contribution >= 0.6 is 0 Å². The van der Waals surface area contributed by atoms with Crippen molar-refractivity contribution in [3.8, 4) is 28.3 Å². The Kier molecular flexibility index (Phi) is 5.87. The summed E-state index contributed by atoms with van der Waals surface area (Å²) in [6.45, 7) is 2.71. The molecule has 1 unspecified atom stereocenters. The summed E-state index contributed by atoms with van der Waals surface area (Å²) in [4.78, 5) is 4.58. The molecule has 0 saturated heterocycles.